The molecule has 7 heteroatoms. The van der Waals surface area contributed by atoms with E-state index in [1.807, 2.05) is 61.5 Å². The summed E-state index contributed by atoms with van der Waals surface area (Å²) in [6.45, 7) is 2.35. The fourth-order valence-corrected chi connectivity index (χ4v) is 4.49. The number of thiazole rings is 1. The zero-order valence-electron chi connectivity index (χ0n) is 17.7. The van der Waals surface area contributed by atoms with Gasteiger partial charge in [-0.1, -0.05) is 47.2 Å². The summed E-state index contributed by atoms with van der Waals surface area (Å²) < 4.78 is 11.8. The van der Waals surface area contributed by atoms with E-state index in [0.29, 0.717) is 28.7 Å². The van der Waals surface area contributed by atoms with Crippen LogP contribution in [0.2, 0.25) is 0 Å². The van der Waals surface area contributed by atoms with Crippen LogP contribution >= 0.6 is 11.3 Å². The second-order valence-corrected chi connectivity index (χ2v) is 8.09. The molecule has 0 saturated heterocycles. The largest absolute Gasteiger partial charge is 0.495 e. The number of aromatic nitrogens is 2. The van der Waals surface area contributed by atoms with Crippen LogP contribution in [-0.2, 0) is 17.8 Å². The molecule has 2 heterocycles. The molecule has 2 aromatic heterocycles. The number of hydrogen-bond acceptors (Lipinski definition) is 6. The highest BCUT2D eigenvalue weighted by Crippen LogP contribution is 2.40. The van der Waals surface area contributed by atoms with Gasteiger partial charge in [0.15, 0.2) is 5.13 Å². The Balaban J connectivity index is 1.75. The molecule has 0 saturated carbocycles. The molecule has 31 heavy (non-hydrogen) atoms. The fraction of sp³-hybridized carbons (Fsp3) is 0.208. The predicted octanol–water partition coefficient (Wildman–Crippen LogP) is 4.79. The van der Waals surface area contributed by atoms with Crippen LogP contribution in [-0.4, -0.2) is 30.1 Å². The van der Waals surface area contributed by atoms with E-state index < -0.39 is 0 Å². The summed E-state index contributed by atoms with van der Waals surface area (Å²) in [5.41, 5.74) is 3.55. The van der Waals surface area contributed by atoms with Crippen molar-refractivity contribution in [1.82, 2.24) is 9.97 Å². The molecule has 0 bridgehead atoms. The number of carbonyl (C=O) groups is 1. The Hall–Kier alpha value is -3.45. The Morgan fingerprint density at radius 1 is 1.03 bits per heavy atom. The number of fused-ring (bicyclic) bond motifs is 1. The molecule has 6 nitrogen and oxygen atoms in total. The molecule has 158 valence electrons. The lowest BCUT2D eigenvalue weighted by atomic mass is 10.1. The summed E-state index contributed by atoms with van der Waals surface area (Å²) in [6, 6.07) is 17.3. The van der Waals surface area contributed by atoms with Crippen LogP contribution in [0.15, 0.2) is 60.8 Å². The number of hydrogen-bond donors (Lipinski definition) is 0. The Morgan fingerprint density at radius 3 is 2.55 bits per heavy atom. The van der Waals surface area contributed by atoms with Crippen LogP contribution in [0.5, 0.6) is 11.5 Å². The average Bonchev–Trinajstić information content (AvgIpc) is 3.22. The zero-order valence-corrected chi connectivity index (χ0v) is 18.5. The van der Waals surface area contributed by atoms with Crippen molar-refractivity contribution in [2.24, 2.45) is 0 Å². The molecule has 4 aromatic rings. The number of benzene rings is 2. The monoisotopic (exact) mass is 433 g/mol. The number of pyridine rings is 1. The van der Waals surface area contributed by atoms with E-state index in [2.05, 4.69) is 4.98 Å². The lowest BCUT2D eigenvalue weighted by Crippen LogP contribution is -2.32. The van der Waals surface area contributed by atoms with Crippen LogP contribution in [0.25, 0.3) is 10.2 Å². The van der Waals surface area contributed by atoms with Gasteiger partial charge < -0.3 is 9.47 Å². The maximum atomic E-state index is 13.4. The summed E-state index contributed by atoms with van der Waals surface area (Å²) in [5, 5.41) is 0.584. The van der Waals surface area contributed by atoms with Crippen molar-refractivity contribution >= 4 is 32.6 Å². The normalized spacial score (nSPS) is 10.8. The number of amides is 1. The second-order valence-electron chi connectivity index (χ2n) is 7.11. The van der Waals surface area contributed by atoms with Crippen LogP contribution in [0, 0.1) is 6.92 Å². The van der Waals surface area contributed by atoms with E-state index in [4.69, 9.17) is 14.5 Å². The van der Waals surface area contributed by atoms with Gasteiger partial charge in [0.2, 0.25) is 5.91 Å². The van der Waals surface area contributed by atoms with Gasteiger partial charge in [-0.25, -0.2) is 4.98 Å². The number of methoxy groups -OCH3 is 2. The maximum Gasteiger partial charge on any atom is 0.233 e. The lowest BCUT2D eigenvalue weighted by Gasteiger charge is -2.19. The molecule has 0 aliphatic heterocycles. The van der Waals surface area contributed by atoms with Gasteiger partial charge in [-0.3, -0.25) is 14.7 Å². The number of aryl methyl sites for hydroxylation is 1. The predicted molar refractivity (Wildman–Crippen MR) is 123 cm³/mol. The average molecular weight is 434 g/mol. The van der Waals surface area contributed by atoms with E-state index in [9.17, 15) is 4.79 Å². The fourth-order valence-electron chi connectivity index (χ4n) is 3.40. The van der Waals surface area contributed by atoms with Crippen molar-refractivity contribution in [3.8, 4) is 11.5 Å². The minimum Gasteiger partial charge on any atom is -0.495 e. The summed E-state index contributed by atoms with van der Waals surface area (Å²) in [7, 11) is 3.23. The summed E-state index contributed by atoms with van der Waals surface area (Å²) in [5.74, 6) is 1.29. The summed E-state index contributed by atoms with van der Waals surface area (Å²) in [4.78, 5) is 24.3. The molecule has 0 spiro atoms. The van der Waals surface area contributed by atoms with E-state index >= 15 is 0 Å². The number of nitrogens with zero attached hydrogens (tertiary/aromatic N) is 3. The van der Waals surface area contributed by atoms with Gasteiger partial charge in [-0.15, -0.1) is 0 Å². The first-order valence-electron chi connectivity index (χ1n) is 9.86. The molecule has 0 radical (unpaired) electrons. The molecule has 1 amide bonds. The molecular formula is C24H23N3O3S. The van der Waals surface area contributed by atoms with Gasteiger partial charge in [0.1, 0.15) is 21.7 Å². The molecule has 0 atom stereocenters. The quantitative estimate of drug-likeness (QED) is 0.419. The van der Waals surface area contributed by atoms with Crippen LogP contribution in [0.4, 0.5) is 5.13 Å². The maximum absolute atomic E-state index is 13.4. The highest BCUT2D eigenvalue weighted by atomic mass is 32.1. The molecule has 0 aliphatic rings. The van der Waals surface area contributed by atoms with Gasteiger partial charge in [0.05, 0.1) is 32.9 Å². The van der Waals surface area contributed by atoms with Gasteiger partial charge in [-0.2, -0.15) is 0 Å². The highest BCUT2D eigenvalue weighted by molar-refractivity contribution is 7.22. The molecule has 2 aromatic carbocycles. The second kappa shape index (κ2) is 9.14. The number of ether oxygens (including phenoxy) is 2. The molecular weight excluding hydrogens is 410 g/mol. The lowest BCUT2D eigenvalue weighted by molar-refractivity contribution is -0.118. The van der Waals surface area contributed by atoms with Crippen LogP contribution < -0.4 is 14.4 Å². The van der Waals surface area contributed by atoms with Crippen molar-refractivity contribution in [2.45, 2.75) is 19.9 Å². The topological polar surface area (TPSA) is 64.6 Å². The van der Waals surface area contributed by atoms with Gasteiger partial charge in [-0.05, 0) is 36.8 Å². The first-order chi connectivity index (χ1) is 15.1. The Bertz CT molecular complexity index is 1170. The van der Waals surface area contributed by atoms with Crippen molar-refractivity contribution in [3.05, 3.63) is 77.6 Å². The minimum atomic E-state index is -0.0479. The van der Waals surface area contributed by atoms with Crippen molar-refractivity contribution in [2.75, 3.05) is 19.1 Å². The van der Waals surface area contributed by atoms with Crippen molar-refractivity contribution in [1.29, 1.82) is 0 Å². The van der Waals surface area contributed by atoms with E-state index in [-0.39, 0.29) is 12.3 Å². The van der Waals surface area contributed by atoms with Crippen molar-refractivity contribution in [3.63, 3.8) is 0 Å². The van der Waals surface area contributed by atoms with Crippen LogP contribution in [0.1, 0.15) is 16.8 Å². The van der Waals surface area contributed by atoms with E-state index in [1.165, 1.54) is 11.3 Å². The minimum absolute atomic E-state index is 0.0479. The number of carbonyl (C=O) groups excluding carboxylic acids is 1. The molecule has 0 aliphatic carbocycles. The standard InChI is InChI=1S/C24H23N3O3S/c1-16-7-6-8-17(13-16)14-21(28)27(15-18-9-4-5-12-25-18)24-26-22-19(29-2)10-11-20(30-3)23(22)31-24/h4-13H,14-15H2,1-3H3. The third-order valence-corrected chi connectivity index (χ3v) is 6.01. The van der Waals surface area contributed by atoms with Crippen LogP contribution in [0.3, 0.4) is 0 Å². The van der Waals surface area contributed by atoms with E-state index in [0.717, 1.165) is 21.5 Å². The van der Waals surface area contributed by atoms with Crippen molar-refractivity contribution < 1.29 is 14.3 Å². The Kier molecular flexibility index (Phi) is 6.13. The summed E-state index contributed by atoms with van der Waals surface area (Å²) in [6.07, 6.45) is 2.00. The first-order valence-corrected chi connectivity index (χ1v) is 10.7. The van der Waals surface area contributed by atoms with Gasteiger partial charge >= 0.3 is 0 Å². The Morgan fingerprint density at radius 2 is 1.84 bits per heavy atom. The molecule has 0 unspecified atom stereocenters. The molecule has 4 rings (SSSR count). The SMILES string of the molecule is COc1ccc(OC)c2sc(N(Cc3ccccn3)C(=O)Cc3cccc(C)c3)nc12. The first kappa shape index (κ1) is 20.8. The highest BCUT2D eigenvalue weighted by Gasteiger charge is 2.23. The zero-order chi connectivity index (χ0) is 21.8. The third-order valence-electron chi connectivity index (χ3n) is 4.92. The van der Waals surface area contributed by atoms with Gasteiger partial charge in [0, 0.05) is 6.20 Å². The molecule has 0 fully saturated rings. The number of anilines is 1. The van der Waals surface area contributed by atoms with Gasteiger partial charge in [0.25, 0.3) is 0 Å². The Labute approximate surface area is 185 Å². The summed E-state index contributed by atoms with van der Waals surface area (Å²) >= 11 is 1.41. The third kappa shape index (κ3) is 4.51. The van der Waals surface area contributed by atoms with E-state index in [1.54, 1.807) is 25.3 Å². The molecule has 0 N–H and O–H groups in total. The number of rotatable bonds is 7. The smallest absolute Gasteiger partial charge is 0.233 e.